The van der Waals surface area contributed by atoms with E-state index in [9.17, 15) is 4.79 Å². The molecule has 1 aliphatic rings. The summed E-state index contributed by atoms with van der Waals surface area (Å²) in [5.74, 6) is 1.14. The SMILES string of the molecule is O=C(Nc1ccncc1)C1CCN(Cc2nc3ccccc3n2-c2cccc(Br)c2)CC1. The summed E-state index contributed by atoms with van der Waals surface area (Å²) < 4.78 is 3.28. The molecule has 7 heteroatoms. The average molecular weight is 490 g/mol. The molecule has 3 heterocycles. The molecular formula is C25H24BrN5O. The van der Waals surface area contributed by atoms with Crippen LogP contribution < -0.4 is 5.32 Å². The number of nitrogens with zero attached hydrogens (tertiary/aromatic N) is 4. The number of anilines is 1. The summed E-state index contributed by atoms with van der Waals surface area (Å²) in [4.78, 5) is 24.0. The highest BCUT2D eigenvalue weighted by Crippen LogP contribution is 2.26. The number of hydrogen-bond donors (Lipinski definition) is 1. The van der Waals surface area contributed by atoms with Crippen molar-refractivity contribution < 1.29 is 4.79 Å². The number of imidazole rings is 1. The molecule has 1 amide bonds. The monoisotopic (exact) mass is 489 g/mol. The molecule has 6 nitrogen and oxygen atoms in total. The van der Waals surface area contributed by atoms with Gasteiger partial charge in [0.25, 0.3) is 0 Å². The summed E-state index contributed by atoms with van der Waals surface area (Å²) in [7, 11) is 0. The van der Waals surface area contributed by atoms with Crippen molar-refractivity contribution in [2.24, 2.45) is 5.92 Å². The Labute approximate surface area is 195 Å². The summed E-state index contributed by atoms with van der Waals surface area (Å²) in [6.45, 7) is 2.49. The first kappa shape index (κ1) is 20.8. The predicted molar refractivity (Wildman–Crippen MR) is 130 cm³/mol. The number of hydrogen-bond acceptors (Lipinski definition) is 4. The van der Waals surface area contributed by atoms with E-state index in [0.29, 0.717) is 0 Å². The molecule has 0 aliphatic carbocycles. The van der Waals surface area contributed by atoms with E-state index in [-0.39, 0.29) is 11.8 Å². The maximum absolute atomic E-state index is 12.7. The largest absolute Gasteiger partial charge is 0.326 e. The molecule has 1 aliphatic heterocycles. The van der Waals surface area contributed by atoms with Crippen LogP contribution in [0.5, 0.6) is 0 Å². The van der Waals surface area contributed by atoms with Crippen LogP contribution in [0.25, 0.3) is 16.7 Å². The molecule has 0 unspecified atom stereocenters. The fourth-order valence-electron chi connectivity index (χ4n) is 4.32. The van der Waals surface area contributed by atoms with Crippen LogP contribution in [0.2, 0.25) is 0 Å². The number of para-hydroxylation sites is 2. The quantitative estimate of drug-likeness (QED) is 0.426. The van der Waals surface area contributed by atoms with Crippen molar-refractivity contribution >= 4 is 38.6 Å². The normalized spacial score (nSPS) is 15.2. The maximum Gasteiger partial charge on any atom is 0.227 e. The number of nitrogens with one attached hydrogen (secondary N) is 1. The van der Waals surface area contributed by atoms with Crippen LogP contribution in [-0.2, 0) is 11.3 Å². The molecular weight excluding hydrogens is 466 g/mol. The molecule has 4 aromatic rings. The van der Waals surface area contributed by atoms with E-state index in [2.05, 4.69) is 66.0 Å². The van der Waals surface area contributed by atoms with Gasteiger partial charge in [-0.3, -0.25) is 19.2 Å². The number of benzene rings is 2. The van der Waals surface area contributed by atoms with Crippen molar-refractivity contribution in [2.45, 2.75) is 19.4 Å². The first-order valence-corrected chi connectivity index (χ1v) is 11.6. The highest BCUT2D eigenvalue weighted by molar-refractivity contribution is 9.10. The molecule has 0 bridgehead atoms. The van der Waals surface area contributed by atoms with Crippen LogP contribution in [0, 0.1) is 5.92 Å². The molecule has 5 rings (SSSR count). The van der Waals surface area contributed by atoms with Crippen LogP contribution in [0.1, 0.15) is 18.7 Å². The van der Waals surface area contributed by atoms with Crippen LogP contribution in [-0.4, -0.2) is 38.4 Å². The lowest BCUT2D eigenvalue weighted by molar-refractivity contribution is -0.121. The second kappa shape index (κ2) is 9.22. The lowest BCUT2D eigenvalue weighted by Gasteiger charge is -2.31. The number of piperidine rings is 1. The van der Waals surface area contributed by atoms with Gasteiger partial charge in [-0.1, -0.05) is 34.1 Å². The minimum atomic E-state index is 0.0308. The van der Waals surface area contributed by atoms with E-state index in [0.717, 1.165) is 65.2 Å². The molecule has 0 radical (unpaired) electrons. The van der Waals surface area contributed by atoms with Crippen molar-refractivity contribution in [3.8, 4) is 5.69 Å². The summed E-state index contributed by atoms with van der Waals surface area (Å²) in [6.07, 6.45) is 5.06. The van der Waals surface area contributed by atoms with Gasteiger partial charge >= 0.3 is 0 Å². The topological polar surface area (TPSA) is 63.1 Å². The molecule has 162 valence electrons. The summed E-state index contributed by atoms with van der Waals surface area (Å²) in [5.41, 5.74) is 3.99. The third-order valence-electron chi connectivity index (χ3n) is 5.97. The van der Waals surface area contributed by atoms with Crippen LogP contribution in [0.3, 0.4) is 0 Å². The van der Waals surface area contributed by atoms with E-state index in [1.54, 1.807) is 12.4 Å². The van der Waals surface area contributed by atoms with E-state index in [4.69, 9.17) is 4.98 Å². The number of likely N-dealkylation sites (tertiary alicyclic amines) is 1. The van der Waals surface area contributed by atoms with Crippen molar-refractivity contribution in [1.29, 1.82) is 0 Å². The van der Waals surface area contributed by atoms with Gasteiger partial charge in [0.1, 0.15) is 5.82 Å². The van der Waals surface area contributed by atoms with Gasteiger partial charge in [0.05, 0.1) is 17.6 Å². The Kier molecular flexibility index (Phi) is 6.01. The third kappa shape index (κ3) is 4.45. The molecule has 2 aromatic carbocycles. The molecule has 1 saturated heterocycles. The number of aromatic nitrogens is 3. The van der Waals surface area contributed by atoms with Gasteiger partial charge < -0.3 is 5.32 Å². The van der Waals surface area contributed by atoms with Gasteiger partial charge in [0.2, 0.25) is 5.91 Å². The number of rotatable bonds is 5. The number of pyridine rings is 1. The smallest absolute Gasteiger partial charge is 0.227 e. The van der Waals surface area contributed by atoms with Crippen molar-refractivity contribution in [3.05, 3.63) is 83.4 Å². The molecule has 2 aromatic heterocycles. The lowest BCUT2D eigenvalue weighted by Crippen LogP contribution is -2.38. The minimum absolute atomic E-state index is 0.0308. The Morgan fingerprint density at radius 1 is 1.03 bits per heavy atom. The van der Waals surface area contributed by atoms with Gasteiger partial charge in [-0.2, -0.15) is 0 Å². The molecule has 0 saturated carbocycles. The Morgan fingerprint density at radius 3 is 2.59 bits per heavy atom. The van der Waals surface area contributed by atoms with Crippen molar-refractivity contribution in [1.82, 2.24) is 19.4 Å². The summed E-state index contributed by atoms with van der Waals surface area (Å²) >= 11 is 3.59. The maximum atomic E-state index is 12.7. The van der Waals surface area contributed by atoms with E-state index in [1.807, 2.05) is 30.3 Å². The molecule has 0 atom stereocenters. The zero-order valence-corrected chi connectivity index (χ0v) is 19.2. The Balaban J connectivity index is 1.31. The first-order chi connectivity index (χ1) is 15.7. The average Bonchev–Trinajstić information content (AvgIpc) is 3.18. The Bertz CT molecular complexity index is 1230. The van der Waals surface area contributed by atoms with Crippen LogP contribution in [0.15, 0.2) is 77.5 Å². The first-order valence-electron chi connectivity index (χ1n) is 10.8. The highest BCUT2D eigenvalue weighted by Gasteiger charge is 2.26. The van der Waals surface area contributed by atoms with E-state index < -0.39 is 0 Å². The molecule has 1 fully saturated rings. The minimum Gasteiger partial charge on any atom is -0.326 e. The van der Waals surface area contributed by atoms with Gasteiger partial charge in [-0.15, -0.1) is 0 Å². The van der Waals surface area contributed by atoms with Crippen LogP contribution in [0.4, 0.5) is 5.69 Å². The zero-order chi connectivity index (χ0) is 21.9. The number of halogens is 1. The Hall–Kier alpha value is -3.03. The second-order valence-corrected chi connectivity index (χ2v) is 9.02. The van der Waals surface area contributed by atoms with E-state index >= 15 is 0 Å². The zero-order valence-electron chi connectivity index (χ0n) is 17.6. The number of carbonyl (C=O) groups excluding carboxylic acids is 1. The standard InChI is InChI=1S/C25H24BrN5O/c26-19-4-3-5-21(16-19)31-23-7-2-1-6-22(23)29-24(31)17-30-14-10-18(11-15-30)25(32)28-20-8-12-27-13-9-20/h1-9,12-13,16,18H,10-11,14-15,17H2,(H,27,28,32). The molecule has 0 spiro atoms. The predicted octanol–water partition coefficient (Wildman–Crippen LogP) is 5.03. The van der Waals surface area contributed by atoms with Gasteiger partial charge in [0, 0.05) is 34.2 Å². The van der Waals surface area contributed by atoms with Gasteiger partial charge in [0.15, 0.2) is 0 Å². The van der Waals surface area contributed by atoms with Gasteiger partial charge in [-0.25, -0.2) is 4.98 Å². The van der Waals surface area contributed by atoms with E-state index in [1.165, 1.54) is 0 Å². The number of amides is 1. The van der Waals surface area contributed by atoms with Gasteiger partial charge in [-0.05, 0) is 68.4 Å². The number of fused-ring (bicyclic) bond motifs is 1. The molecule has 1 N–H and O–H groups in total. The molecule has 32 heavy (non-hydrogen) atoms. The fourth-order valence-corrected chi connectivity index (χ4v) is 4.71. The second-order valence-electron chi connectivity index (χ2n) is 8.11. The summed E-state index contributed by atoms with van der Waals surface area (Å²) in [5, 5.41) is 3.01. The third-order valence-corrected chi connectivity index (χ3v) is 6.46. The fraction of sp³-hybridized carbons (Fsp3) is 0.240. The Morgan fingerprint density at radius 2 is 1.81 bits per heavy atom. The lowest BCUT2D eigenvalue weighted by atomic mass is 9.96. The number of carbonyl (C=O) groups is 1. The van der Waals surface area contributed by atoms with Crippen molar-refractivity contribution in [3.63, 3.8) is 0 Å². The van der Waals surface area contributed by atoms with Crippen LogP contribution >= 0.6 is 15.9 Å². The highest BCUT2D eigenvalue weighted by atomic mass is 79.9. The summed E-state index contributed by atoms with van der Waals surface area (Å²) in [6, 6.07) is 20.2. The van der Waals surface area contributed by atoms with Crippen molar-refractivity contribution in [2.75, 3.05) is 18.4 Å².